The number of nitrogens with zero attached hydrogens (tertiary/aromatic N) is 2. The minimum Gasteiger partial charge on any atom is -0.440 e. The first kappa shape index (κ1) is 14.2. The van der Waals surface area contributed by atoms with E-state index in [0.29, 0.717) is 11.7 Å². The fourth-order valence-corrected chi connectivity index (χ4v) is 3.73. The molecular weight excluding hydrogens is 266 g/mol. The van der Waals surface area contributed by atoms with Gasteiger partial charge in [0, 0.05) is 26.1 Å². The summed E-state index contributed by atoms with van der Waals surface area (Å²) in [7, 11) is 3.83. The predicted octanol–water partition coefficient (Wildman–Crippen LogP) is 2.62. The summed E-state index contributed by atoms with van der Waals surface area (Å²) in [6.07, 6.45) is 6.42. The minimum absolute atomic E-state index is 0.0556. The maximum Gasteiger partial charge on any atom is 0.244 e. The van der Waals surface area contributed by atoms with Crippen LogP contribution in [0.4, 0.5) is 5.88 Å². The van der Waals surface area contributed by atoms with E-state index in [0.717, 1.165) is 5.88 Å². The van der Waals surface area contributed by atoms with Crippen LogP contribution in [0.15, 0.2) is 21.7 Å². The van der Waals surface area contributed by atoms with E-state index in [1.165, 1.54) is 25.7 Å². The lowest BCUT2D eigenvalue weighted by molar-refractivity contribution is -0.123. The van der Waals surface area contributed by atoms with Gasteiger partial charge in [-0.2, -0.15) is 5.10 Å². The number of nitrogens with one attached hydrogen (secondary N) is 1. The normalized spacial score (nSPS) is 31.0. The summed E-state index contributed by atoms with van der Waals surface area (Å²) < 4.78 is 5.54. The first-order chi connectivity index (χ1) is 10.0. The number of amides is 1. The first-order valence-corrected chi connectivity index (χ1v) is 7.62. The number of hydrogen-bond acceptors (Lipinski definition) is 4. The molecule has 0 spiro atoms. The van der Waals surface area contributed by atoms with Crippen LogP contribution < -0.4 is 10.3 Å². The van der Waals surface area contributed by atoms with E-state index < -0.39 is 0 Å². The molecule has 114 valence electrons. The summed E-state index contributed by atoms with van der Waals surface area (Å²) in [6, 6.07) is 3.71. The quantitative estimate of drug-likeness (QED) is 0.684. The summed E-state index contributed by atoms with van der Waals surface area (Å²) in [6.45, 7) is 2.24. The number of fused-ring (bicyclic) bond motifs is 1. The molecule has 2 aliphatic rings. The van der Waals surface area contributed by atoms with Gasteiger partial charge >= 0.3 is 0 Å². The lowest BCUT2D eigenvalue weighted by Gasteiger charge is -2.15. The molecule has 5 heteroatoms. The van der Waals surface area contributed by atoms with Crippen LogP contribution in [0.25, 0.3) is 0 Å². The van der Waals surface area contributed by atoms with E-state index in [-0.39, 0.29) is 17.2 Å². The number of furan rings is 1. The molecule has 0 radical (unpaired) electrons. The van der Waals surface area contributed by atoms with Crippen molar-refractivity contribution in [1.82, 2.24) is 5.43 Å². The lowest BCUT2D eigenvalue weighted by Crippen LogP contribution is -2.22. The fraction of sp³-hybridized carbons (Fsp3) is 0.625. The van der Waals surface area contributed by atoms with E-state index in [1.807, 2.05) is 31.1 Å². The monoisotopic (exact) mass is 289 g/mol. The van der Waals surface area contributed by atoms with Gasteiger partial charge in [0.05, 0.1) is 6.21 Å². The predicted molar refractivity (Wildman–Crippen MR) is 82.3 cm³/mol. The second-order valence-corrected chi connectivity index (χ2v) is 6.64. The van der Waals surface area contributed by atoms with Crippen LogP contribution in [0.2, 0.25) is 0 Å². The molecule has 1 aromatic heterocycles. The summed E-state index contributed by atoms with van der Waals surface area (Å²) in [4.78, 5) is 14.1. The Labute approximate surface area is 125 Å². The molecule has 2 fully saturated rings. The molecule has 0 saturated heterocycles. The number of rotatable bonds is 4. The zero-order valence-corrected chi connectivity index (χ0v) is 12.9. The van der Waals surface area contributed by atoms with Crippen molar-refractivity contribution in [3.05, 3.63) is 17.9 Å². The molecular formula is C16H23N3O2. The molecule has 1 amide bonds. The van der Waals surface area contributed by atoms with Crippen molar-refractivity contribution in [2.75, 3.05) is 19.0 Å². The molecule has 0 aliphatic heterocycles. The summed E-state index contributed by atoms with van der Waals surface area (Å²) in [5.41, 5.74) is 2.89. The third-order valence-corrected chi connectivity index (χ3v) is 5.03. The molecule has 0 aromatic carbocycles. The van der Waals surface area contributed by atoms with Crippen LogP contribution in [0.5, 0.6) is 0 Å². The highest BCUT2D eigenvalue weighted by Gasteiger charge is 2.64. The zero-order valence-electron chi connectivity index (χ0n) is 12.9. The van der Waals surface area contributed by atoms with E-state index in [1.54, 1.807) is 6.21 Å². The van der Waals surface area contributed by atoms with Gasteiger partial charge in [-0.05, 0) is 30.2 Å². The molecule has 3 rings (SSSR count). The number of carbonyl (C=O) groups excluding carboxylic acids is 1. The highest BCUT2D eigenvalue weighted by Crippen LogP contribution is 2.66. The van der Waals surface area contributed by atoms with Gasteiger partial charge in [-0.3, -0.25) is 4.79 Å². The van der Waals surface area contributed by atoms with Crippen LogP contribution in [-0.2, 0) is 4.79 Å². The van der Waals surface area contributed by atoms with Crippen molar-refractivity contribution in [1.29, 1.82) is 0 Å². The highest BCUT2D eigenvalue weighted by atomic mass is 16.4. The molecule has 0 bridgehead atoms. The van der Waals surface area contributed by atoms with Crippen LogP contribution in [0.1, 0.15) is 38.4 Å². The molecule has 21 heavy (non-hydrogen) atoms. The summed E-state index contributed by atoms with van der Waals surface area (Å²) in [5, 5.41) is 4.03. The largest absolute Gasteiger partial charge is 0.440 e. The molecule has 5 nitrogen and oxygen atoms in total. The Morgan fingerprint density at radius 2 is 2.29 bits per heavy atom. The van der Waals surface area contributed by atoms with Gasteiger partial charge in [0.15, 0.2) is 5.88 Å². The van der Waals surface area contributed by atoms with Gasteiger partial charge in [-0.1, -0.05) is 19.8 Å². The maximum atomic E-state index is 12.2. The van der Waals surface area contributed by atoms with Crippen molar-refractivity contribution in [3.8, 4) is 0 Å². The number of anilines is 1. The Hall–Kier alpha value is -1.78. The Morgan fingerprint density at radius 1 is 1.48 bits per heavy atom. The standard InChI is InChI=1S/C16H23N3O2/c1-16-9-5-4-6-12(16)14(16)15(20)18-17-10-11-7-8-13(21-11)19(2)3/h7-8,10,12,14H,4-6,9H2,1-3H3,(H,18,20)/b17-10-/t12-,14-,16+/m1/s1. The topological polar surface area (TPSA) is 57.8 Å². The van der Waals surface area contributed by atoms with Crippen molar-refractivity contribution in [2.45, 2.75) is 32.6 Å². The second-order valence-electron chi connectivity index (χ2n) is 6.64. The van der Waals surface area contributed by atoms with Gasteiger partial charge in [-0.15, -0.1) is 0 Å². The van der Waals surface area contributed by atoms with Crippen molar-refractivity contribution >= 4 is 18.0 Å². The molecule has 3 atom stereocenters. The summed E-state index contributed by atoms with van der Waals surface area (Å²) >= 11 is 0. The van der Waals surface area contributed by atoms with Crippen molar-refractivity contribution in [2.24, 2.45) is 22.4 Å². The number of hydrazone groups is 1. The van der Waals surface area contributed by atoms with Crippen LogP contribution in [0, 0.1) is 17.3 Å². The van der Waals surface area contributed by atoms with Crippen LogP contribution in [0.3, 0.4) is 0 Å². The SMILES string of the molecule is CN(C)c1ccc(/C=N\NC(=O)[C@H]2[C@H]3CCCC[C@@]32C)o1. The molecule has 0 unspecified atom stereocenters. The molecule has 1 heterocycles. The Bertz CT molecular complexity index is 564. The molecule has 1 aromatic rings. The van der Waals surface area contributed by atoms with E-state index >= 15 is 0 Å². The van der Waals surface area contributed by atoms with Gasteiger partial charge in [0.1, 0.15) is 5.76 Å². The zero-order chi connectivity index (χ0) is 15.0. The fourth-order valence-electron chi connectivity index (χ4n) is 3.73. The maximum absolute atomic E-state index is 12.2. The average molecular weight is 289 g/mol. The van der Waals surface area contributed by atoms with Gasteiger partial charge in [0.25, 0.3) is 0 Å². The third kappa shape index (κ3) is 2.57. The Kier molecular flexibility index (Phi) is 3.51. The van der Waals surface area contributed by atoms with E-state index in [9.17, 15) is 4.79 Å². The molecule has 2 aliphatic carbocycles. The van der Waals surface area contributed by atoms with Crippen molar-refractivity contribution < 1.29 is 9.21 Å². The summed E-state index contributed by atoms with van der Waals surface area (Å²) in [5.74, 6) is 2.17. The van der Waals surface area contributed by atoms with Gasteiger partial charge in [-0.25, -0.2) is 5.43 Å². The van der Waals surface area contributed by atoms with Crippen LogP contribution >= 0.6 is 0 Å². The number of carbonyl (C=O) groups is 1. The van der Waals surface area contributed by atoms with Gasteiger partial charge < -0.3 is 9.32 Å². The Morgan fingerprint density at radius 3 is 2.90 bits per heavy atom. The smallest absolute Gasteiger partial charge is 0.244 e. The lowest BCUT2D eigenvalue weighted by atomic mass is 9.90. The highest BCUT2D eigenvalue weighted by molar-refractivity contribution is 5.85. The average Bonchev–Trinajstić information content (AvgIpc) is 2.80. The second kappa shape index (κ2) is 5.20. The number of hydrogen-bond donors (Lipinski definition) is 1. The molecule has 2 saturated carbocycles. The Balaban J connectivity index is 1.55. The first-order valence-electron chi connectivity index (χ1n) is 7.62. The van der Waals surface area contributed by atoms with Gasteiger partial charge in [0.2, 0.25) is 5.91 Å². The van der Waals surface area contributed by atoms with Crippen LogP contribution in [-0.4, -0.2) is 26.2 Å². The van der Waals surface area contributed by atoms with E-state index in [2.05, 4.69) is 17.5 Å². The minimum atomic E-state index is 0.0556. The van der Waals surface area contributed by atoms with E-state index in [4.69, 9.17) is 4.42 Å². The van der Waals surface area contributed by atoms with Crippen molar-refractivity contribution in [3.63, 3.8) is 0 Å². The molecule has 1 N–H and O–H groups in total. The third-order valence-electron chi connectivity index (χ3n) is 5.03.